The van der Waals surface area contributed by atoms with E-state index in [0.29, 0.717) is 33.9 Å². The average Bonchev–Trinajstić information content (AvgIpc) is 3.31. The number of fused-ring (bicyclic) bond motifs is 2. The van der Waals surface area contributed by atoms with Crippen LogP contribution in [-0.4, -0.2) is 26.7 Å². The molecular formula is C21H15N3O4. The maximum Gasteiger partial charge on any atom is 0.335 e. The third-order valence-corrected chi connectivity index (χ3v) is 4.70. The van der Waals surface area contributed by atoms with Crippen LogP contribution in [0.1, 0.15) is 10.4 Å². The van der Waals surface area contributed by atoms with Crippen LogP contribution in [0.4, 0.5) is 0 Å². The molecule has 0 spiro atoms. The molecular weight excluding hydrogens is 358 g/mol. The Morgan fingerprint density at radius 1 is 1.00 bits per heavy atom. The van der Waals surface area contributed by atoms with E-state index in [9.17, 15) is 9.59 Å². The molecule has 0 saturated heterocycles. The van der Waals surface area contributed by atoms with Gasteiger partial charge in [-0.3, -0.25) is 9.36 Å². The van der Waals surface area contributed by atoms with Crippen LogP contribution in [0.5, 0.6) is 11.5 Å². The van der Waals surface area contributed by atoms with Crippen LogP contribution in [-0.2, 0) is 6.54 Å². The number of benzene rings is 2. The van der Waals surface area contributed by atoms with Crippen LogP contribution < -0.4 is 15.2 Å². The summed E-state index contributed by atoms with van der Waals surface area (Å²) in [5, 5.41) is 0. The highest BCUT2D eigenvalue weighted by molar-refractivity contribution is 5.96. The molecule has 0 fully saturated rings. The van der Waals surface area contributed by atoms with E-state index in [4.69, 9.17) is 9.47 Å². The summed E-state index contributed by atoms with van der Waals surface area (Å²) in [5.41, 5.74) is 1.89. The Balaban J connectivity index is 1.65. The molecule has 1 aliphatic heterocycles. The number of Topliss-reactive ketones (excluding diaryl/α,β-unsaturated/α-hetero) is 1. The molecule has 7 heteroatoms. The molecule has 0 saturated carbocycles. The van der Waals surface area contributed by atoms with Crippen molar-refractivity contribution in [1.29, 1.82) is 0 Å². The van der Waals surface area contributed by atoms with Crippen LogP contribution in [0.2, 0.25) is 0 Å². The lowest BCUT2D eigenvalue weighted by Gasteiger charge is -2.04. The van der Waals surface area contributed by atoms with E-state index in [1.807, 2.05) is 6.07 Å². The molecule has 5 rings (SSSR count). The van der Waals surface area contributed by atoms with Gasteiger partial charge in [0.25, 0.3) is 0 Å². The minimum absolute atomic E-state index is 0.0669. The molecule has 138 valence electrons. The van der Waals surface area contributed by atoms with Crippen molar-refractivity contribution in [3.8, 4) is 17.2 Å². The van der Waals surface area contributed by atoms with Gasteiger partial charge in [-0.05, 0) is 24.3 Å². The molecule has 28 heavy (non-hydrogen) atoms. The summed E-state index contributed by atoms with van der Waals surface area (Å²) in [4.78, 5) is 30.3. The van der Waals surface area contributed by atoms with E-state index in [1.165, 1.54) is 9.13 Å². The summed E-state index contributed by atoms with van der Waals surface area (Å²) in [6.45, 7) is 0.0852. The lowest BCUT2D eigenvalue weighted by atomic mass is 10.1. The minimum atomic E-state index is -0.336. The molecule has 2 aromatic carbocycles. The van der Waals surface area contributed by atoms with Gasteiger partial charge in [-0.2, -0.15) is 0 Å². The van der Waals surface area contributed by atoms with Crippen molar-refractivity contribution in [2.24, 2.45) is 0 Å². The second kappa shape index (κ2) is 6.38. The van der Waals surface area contributed by atoms with Gasteiger partial charge >= 0.3 is 5.69 Å². The van der Waals surface area contributed by atoms with E-state index < -0.39 is 0 Å². The summed E-state index contributed by atoms with van der Waals surface area (Å²) in [5.74, 6) is 1.06. The van der Waals surface area contributed by atoms with Crippen molar-refractivity contribution in [3.63, 3.8) is 0 Å². The monoisotopic (exact) mass is 373 g/mol. The van der Waals surface area contributed by atoms with Crippen LogP contribution in [0.25, 0.3) is 16.9 Å². The zero-order valence-electron chi connectivity index (χ0n) is 14.7. The summed E-state index contributed by atoms with van der Waals surface area (Å²) in [6, 6.07) is 17.7. The maximum atomic E-state index is 13.2. The number of carbonyl (C=O) groups excluding carboxylic acids is 1. The van der Waals surface area contributed by atoms with Gasteiger partial charge in [0.05, 0.1) is 17.7 Å². The smallest absolute Gasteiger partial charge is 0.335 e. The van der Waals surface area contributed by atoms with Gasteiger partial charge in [-0.1, -0.05) is 30.3 Å². The highest BCUT2D eigenvalue weighted by atomic mass is 16.7. The molecule has 3 heterocycles. The predicted molar refractivity (Wildman–Crippen MR) is 102 cm³/mol. The van der Waals surface area contributed by atoms with E-state index >= 15 is 0 Å². The van der Waals surface area contributed by atoms with Crippen molar-refractivity contribution in [2.45, 2.75) is 6.54 Å². The predicted octanol–water partition coefficient (Wildman–Crippen LogP) is 2.80. The Kier molecular flexibility index (Phi) is 3.72. The number of rotatable bonds is 4. The van der Waals surface area contributed by atoms with E-state index in [2.05, 4.69) is 4.98 Å². The van der Waals surface area contributed by atoms with Crippen molar-refractivity contribution in [1.82, 2.24) is 14.1 Å². The normalized spacial score (nSPS) is 12.4. The fourth-order valence-electron chi connectivity index (χ4n) is 3.35. The third-order valence-electron chi connectivity index (χ3n) is 4.70. The van der Waals surface area contributed by atoms with E-state index in [1.54, 1.807) is 60.8 Å². The topological polar surface area (TPSA) is 75.4 Å². The molecule has 0 radical (unpaired) electrons. The van der Waals surface area contributed by atoms with Crippen molar-refractivity contribution >= 4 is 16.9 Å². The summed E-state index contributed by atoms with van der Waals surface area (Å²) >= 11 is 0. The van der Waals surface area contributed by atoms with Gasteiger partial charge in [-0.15, -0.1) is 0 Å². The molecule has 2 aromatic heterocycles. The van der Waals surface area contributed by atoms with Gasteiger partial charge in [0.15, 0.2) is 22.9 Å². The van der Waals surface area contributed by atoms with Crippen molar-refractivity contribution in [2.75, 3.05) is 6.79 Å². The number of hydrogen-bond acceptors (Lipinski definition) is 5. The lowest BCUT2D eigenvalue weighted by molar-refractivity contribution is 0.0972. The number of ketones is 1. The summed E-state index contributed by atoms with van der Waals surface area (Å²) in [6.07, 6.45) is 1.62. The highest BCUT2D eigenvalue weighted by Crippen LogP contribution is 2.33. The van der Waals surface area contributed by atoms with E-state index in [0.717, 1.165) is 0 Å². The number of imidazole rings is 1. The van der Waals surface area contributed by atoms with Crippen LogP contribution >= 0.6 is 0 Å². The largest absolute Gasteiger partial charge is 0.454 e. The Morgan fingerprint density at radius 2 is 1.82 bits per heavy atom. The number of nitrogens with zero attached hydrogens (tertiary/aromatic N) is 3. The van der Waals surface area contributed by atoms with Gasteiger partial charge in [0.2, 0.25) is 6.79 Å². The Morgan fingerprint density at radius 3 is 2.68 bits per heavy atom. The molecule has 0 amide bonds. The zero-order valence-corrected chi connectivity index (χ0v) is 14.7. The van der Waals surface area contributed by atoms with Crippen LogP contribution in [0.15, 0.2) is 71.7 Å². The molecule has 0 N–H and O–H groups in total. The standard InChI is InChI=1S/C21H15N3O4/c25-17(14-5-2-1-3-6-14)12-23-16-7-4-10-22-20(16)24(21(23)26)15-8-9-18-19(11-15)28-13-27-18/h1-11H,12-13H2. The van der Waals surface area contributed by atoms with Gasteiger partial charge in [0.1, 0.15) is 0 Å². The lowest BCUT2D eigenvalue weighted by Crippen LogP contribution is -2.26. The molecule has 0 aliphatic carbocycles. The van der Waals surface area contributed by atoms with Crippen molar-refractivity contribution in [3.05, 3.63) is 82.9 Å². The highest BCUT2D eigenvalue weighted by Gasteiger charge is 2.20. The van der Waals surface area contributed by atoms with Crippen LogP contribution in [0.3, 0.4) is 0 Å². The average molecular weight is 373 g/mol. The first-order valence-corrected chi connectivity index (χ1v) is 8.77. The second-order valence-electron chi connectivity index (χ2n) is 6.38. The minimum Gasteiger partial charge on any atom is -0.454 e. The third kappa shape index (κ3) is 2.56. The molecule has 1 aliphatic rings. The number of ether oxygens (including phenoxy) is 2. The Bertz CT molecular complexity index is 1260. The molecule has 7 nitrogen and oxygen atoms in total. The first-order chi connectivity index (χ1) is 13.7. The maximum absolute atomic E-state index is 13.2. The van der Waals surface area contributed by atoms with Gasteiger partial charge < -0.3 is 9.47 Å². The fourth-order valence-corrected chi connectivity index (χ4v) is 3.35. The number of aromatic nitrogens is 3. The Hall–Kier alpha value is -3.87. The van der Waals surface area contributed by atoms with Crippen molar-refractivity contribution < 1.29 is 14.3 Å². The van der Waals surface area contributed by atoms with Gasteiger partial charge in [0, 0.05) is 17.8 Å². The molecule has 0 bridgehead atoms. The van der Waals surface area contributed by atoms with E-state index in [-0.39, 0.29) is 24.8 Å². The molecule has 4 aromatic rings. The molecule has 0 unspecified atom stereocenters. The molecule has 0 atom stereocenters. The first-order valence-electron chi connectivity index (χ1n) is 8.77. The summed E-state index contributed by atoms with van der Waals surface area (Å²) in [7, 11) is 0. The SMILES string of the molecule is O=C(Cn1c(=O)n(-c2ccc3c(c2)OCO3)c2ncccc21)c1ccccc1. The quantitative estimate of drug-likeness (QED) is 0.514. The van der Waals surface area contributed by atoms with Gasteiger partial charge in [-0.25, -0.2) is 14.3 Å². The zero-order chi connectivity index (χ0) is 19.1. The number of hydrogen-bond donors (Lipinski definition) is 0. The first kappa shape index (κ1) is 16.3. The number of carbonyl (C=O) groups is 1. The second-order valence-corrected chi connectivity index (χ2v) is 6.38. The number of pyridine rings is 1. The van der Waals surface area contributed by atoms with Crippen LogP contribution in [0, 0.1) is 0 Å². The Labute approximate surface area is 159 Å². The summed E-state index contributed by atoms with van der Waals surface area (Å²) < 4.78 is 13.7. The fraction of sp³-hybridized carbons (Fsp3) is 0.0952.